The first kappa shape index (κ1) is 11.9. The van der Waals surface area contributed by atoms with Crippen molar-refractivity contribution in [2.75, 3.05) is 11.9 Å². The molecule has 0 fully saturated rings. The Hall–Kier alpha value is -1.62. The quantitative estimate of drug-likeness (QED) is 0.841. The van der Waals surface area contributed by atoms with Gasteiger partial charge in [0.05, 0.1) is 12.6 Å². The Kier molecular flexibility index (Phi) is 3.28. The molecule has 17 heavy (non-hydrogen) atoms. The number of anilines is 1. The van der Waals surface area contributed by atoms with Crippen LogP contribution < -0.4 is 5.32 Å². The minimum absolute atomic E-state index is 0.0199. The van der Waals surface area contributed by atoms with Gasteiger partial charge in [-0.15, -0.1) is 5.10 Å². The van der Waals surface area contributed by atoms with Gasteiger partial charge in [-0.2, -0.15) is 4.98 Å². The number of aryl methyl sites for hydroxylation is 1. The number of nitrogens with one attached hydrogen (secondary N) is 1. The predicted molar refractivity (Wildman–Crippen MR) is 67.1 cm³/mol. The minimum atomic E-state index is -0.0199. The predicted octanol–water partition coefficient (Wildman–Crippen LogP) is 1.47. The molecule has 92 valence electrons. The number of aliphatic hydroxyl groups excluding tert-OH is 1. The molecule has 0 bridgehead atoms. The lowest BCUT2D eigenvalue weighted by molar-refractivity contribution is 0.248. The van der Waals surface area contributed by atoms with Crippen molar-refractivity contribution in [3.8, 4) is 0 Å². The monoisotopic (exact) mass is 234 g/mol. The van der Waals surface area contributed by atoms with E-state index in [9.17, 15) is 5.11 Å². The lowest BCUT2D eigenvalue weighted by Crippen LogP contribution is -2.29. The number of aromatic nitrogens is 3. The summed E-state index contributed by atoms with van der Waals surface area (Å²) in [5, 5.41) is 16.7. The van der Waals surface area contributed by atoms with Crippen LogP contribution in [0.1, 0.15) is 19.4 Å². The molecule has 1 atom stereocenters. The molecule has 0 aliphatic heterocycles. The van der Waals surface area contributed by atoms with Gasteiger partial charge in [0.15, 0.2) is 5.65 Å². The van der Waals surface area contributed by atoms with Crippen LogP contribution in [-0.4, -0.2) is 32.4 Å². The van der Waals surface area contributed by atoms with Gasteiger partial charge in [-0.1, -0.05) is 13.8 Å². The van der Waals surface area contributed by atoms with Crippen molar-refractivity contribution in [2.45, 2.75) is 26.8 Å². The zero-order valence-electron chi connectivity index (χ0n) is 10.4. The molecule has 5 heteroatoms. The highest BCUT2D eigenvalue weighted by Gasteiger charge is 2.14. The summed E-state index contributed by atoms with van der Waals surface area (Å²) in [5.74, 6) is 0.886. The molecule has 0 radical (unpaired) electrons. The number of fused-ring (bicyclic) bond motifs is 1. The second kappa shape index (κ2) is 4.71. The zero-order chi connectivity index (χ0) is 12.4. The molecule has 0 amide bonds. The van der Waals surface area contributed by atoms with Gasteiger partial charge in [0.25, 0.3) is 0 Å². The third-order valence-corrected chi connectivity index (χ3v) is 2.81. The molecule has 2 N–H and O–H groups in total. The summed E-state index contributed by atoms with van der Waals surface area (Å²) in [6.45, 7) is 6.19. The van der Waals surface area contributed by atoms with E-state index in [1.165, 1.54) is 0 Å². The Balaban J connectivity index is 2.24. The Morgan fingerprint density at radius 3 is 2.88 bits per heavy atom. The second-order valence-corrected chi connectivity index (χ2v) is 4.62. The van der Waals surface area contributed by atoms with Gasteiger partial charge in [0.1, 0.15) is 0 Å². The number of hydrogen-bond acceptors (Lipinski definition) is 4. The lowest BCUT2D eigenvalue weighted by atomic mass is 10.1. The molecule has 0 spiro atoms. The molecular formula is C12H18N4O. The molecule has 0 unspecified atom stereocenters. The van der Waals surface area contributed by atoms with Crippen LogP contribution in [-0.2, 0) is 0 Å². The topological polar surface area (TPSA) is 62.5 Å². The average molecular weight is 234 g/mol. The molecule has 0 saturated heterocycles. The molecule has 2 heterocycles. The van der Waals surface area contributed by atoms with Gasteiger partial charge in [0.2, 0.25) is 5.95 Å². The number of nitrogens with zero attached hydrogens (tertiary/aromatic N) is 3. The minimum Gasteiger partial charge on any atom is -0.394 e. The van der Waals surface area contributed by atoms with Crippen molar-refractivity contribution in [3.63, 3.8) is 0 Å². The number of rotatable bonds is 4. The Morgan fingerprint density at radius 1 is 1.47 bits per heavy atom. The summed E-state index contributed by atoms with van der Waals surface area (Å²) in [6.07, 6.45) is 1.88. The van der Waals surface area contributed by atoms with Crippen molar-refractivity contribution in [1.29, 1.82) is 0 Å². The molecular weight excluding hydrogens is 216 g/mol. The third-order valence-electron chi connectivity index (χ3n) is 2.81. The van der Waals surface area contributed by atoms with Gasteiger partial charge in [-0.05, 0) is 30.5 Å². The summed E-state index contributed by atoms with van der Waals surface area (Å²) < 4.78 is 1.73. The van der Waals surface area contributed by atoms with Crippen LogP contribution >= 0.6 is 0 Å². The number of hydrogen-bond donors (Lipinski definition) is 2. The van der Waals surface area contributed by atoms with Gasteiger partial charge in [-0.25, -0.2) is 4.52 Å². The van der Waals surface area contributed by atoms with Crippen LogP contribution in [0.3, 0.4) is 0 Å². The van der Waals surface area contributed by atoms with Crippen molar-refractivity contribution in [3.05, 3.63) is 23.9 Å². The Morgan fingerprint density at radius 2 is 2.24 bits per heavy atom. The second-order valence-electron chi connectivity index (χ2n) is 4.62. The average Bonchev–Trinajstić information content (AvgIpc) is 2.66. The van der Waals surface area contributed by atoms with Gasteiger partial charge < -0.3 is 10.4 Å². The van der Waals surface area contributed by atoms with E-state index >= 15 is 0 Å². The summed E-state index contributed by atoms with van der Waals surface area (Å²) in [4.78, 5) is 4.37. The first-order valence-corrected chi connectivity index (χ1v) is 5.80. The van der Waals surface area contributed by atoms with Crippen molar-refractivity contribution in [1.82, 2.24) is 14.6 Å². The van der Waals surface area contributed by atoms with E-state index in [0.717, 1.165) is 11.2 Å². The van der Waals surface area contributed by atoms with E-state index in [1.54, 1.807) is 4.52 Å². The molecule has 0 aliphatic carbocycles. The van der Waals surface area contributed by atoms with E-state index in [2.05, 4.69) is 15.4 Å². The highest BCUT2D eigenvalue weighted by molar-refractivity contribution is 5.45. The highest BCUT2D eigenvalue weighted by Crippen LogP contribution is 2.11. The first-order chi connectivity index (χ1) is 8.10. The SMILES string of the molecule is Cc1ccn2nc(N[C@H](CO)C(C)C)nc2c1. The molecule has 0 saturated carbocycles. The van der Waals surface area contributed by atoms with Crippen molar-refractivity contribution in [2.24, 2.45) is 5.92 Å². The zero-order valence-corrected chi connectivity index (χ0v) is 10.4. The summed E-state index contributed by atoms with van der Waals surface area (Å²) in [6, 6.07) is 3.94. The normalized spacial score (nSPS) is 13.2. The Labute approximate surface area is 100 Å². The molecule has 0 aromatic carbocycles. The molecule has 2 rings (SSSR count). The summed E-state index contributed by atoms with van der Waals surface area (Å²) in [5.41, 5.74) is 1.96. The van der Waals surface area contributed by atoms with E-state index in [-0.39, 0.29) is 12.6 Å². The maximum Gasteiger partial charge on any atom is 0.243 e. The highest BCUT2D eigenvalue weighted by atomic mass is 16.3. The first-order valence-electron chi connectivity index (χ1n) is 5.80. The van der Waals surface area contributed by atoms with Crippen LogP contribution in [0.4, 0.5) is 5.95 Å². The van der Waals surface area contributed by atoms with Crippen LogP contribution in [0.2, 0.25) is 0 Å². The molecule has 5 nitrogen and oxygen atoms in total. The van der Waals surface area contributed by atoms with Crippen molar-refractivity contribution >= 4 is 11.6 Å². The smallest absolute Gasteiger partial charge is 0.243 e. The summed E-state index contributed by atoms with van der Waals surface area (Å²) >= 11 is 0. The van der Waals surface area contributed by atoms with Crippen LogP contribution in [0.15, 0.2) is 18.3 Å². The maximum absolute atomic E-state index is 9.25. The Bertz CT molecular complexity index is 506. The number of pyridine rings is 1. The van der Waals surface area contributed by atoms with E-state index in [1.807, 2.05) is 39.1 Å². The van der Waals surface area contributed by atoms with Crippen molar-refractivity contribution < 1.29 is 5.11 Å². The lowest BCUT2D eigenvalue weighted by Gasteiger charge is -2.18. The molecule has 2 aromatic rings. The van der Waals surface area contributed by atoms with Crippen LogP contribution in [0.25, 0.3) is 5.65 Å². The van der Waals surface area contributed by atoms with Gasteiger partial charge in [-0.3, -0.25) is 0 Å². The van der Waals surface area contributed by atoms with Gasteiger partial charge >= 0.3 is 0 Å². The van der Waals surface area contributed by atoms with Crippen LogP contribution in [0, 0.1) is 12.8 Å². The largest absolute Gasteiger partial charge is 0.394 e. The third kappa shape index (κ3) is 2.55. The number of aliphatic hydroxyl groups is 1. The van der Waals surface area contributed by atoms with Gasteiger partial charge in [0, 0.05) is 6.20 Å². The maximum atomic E-state index is 9.25. The fraction of sp³-hybridized carbons (Fsp3) is 0.500. The standard InChI is InChI=1S/C12H18N4O/c1-8(2)10(7-17)13-12-14-11-6-9(3)4-5-16(11)15-12/h4-6,8,10,17H,7H2,1-3H3,(H,13,15)/t10-/m1/s1. The van der Waals surface area contributed by atoms with Crippen LogP contribution in [0.5, 0.6) is 0 Å². The molecule has 2 aromatic heterocycles. The van der Waals surface area contributed by atoms with E-state index < -0.39 is 0 Å². The molecule has 0 aliphatic rings. The van der Waals surface area contributed by atoms with E-state index in [0.29, 0.717) is 11.9 Å². The summed E-state index contributed by atoms with van der Waals surface area (Å²) in [7, 11) is 0. The van der Waals surface area contributed by atoms with E-state index in [4.69, 9.17) is 0 Å². The fourth-order valence-corrected chi connectivity index (χ4v) is 1.63. The fourth-order valence-electron chi connectivity index (χ4n) is 1.63.